The molecule has 76 valence electrons. The maximum atomic E-state index is 4.38. The van der Waals surface area contributed by atoms with Crippen molar-refractivity contribution in [3.05, 3.63) is 53.1 Å². The Hall–Kier alpha value is -1.57. The van der Waals surface area contributed by atoms with Gasteiger partial charge in [-0.15, -0.1) is 0 Å². The third-order valence-corrected chi connectivity index (χ3v) is 3.31. The molecule has 1 unspecified atom stereocenters. The van der Waals surface area contributed by atoms with Crippen LogP contribution >= 0.6 is 0 Å². The fourth-order valence-electron chi connectivity index (χ4n) is 2.64. The van der Waals surface area contributed by atoms with E-state index in [9.17, 15) is 0 Å². The fourth-order valence-corrected chi connectivity index (χ4v) is 2.64. The second-order valence-electron chi connectivity index (χ2n) is 4.21. The zero-order chi connectivity index (χ0) is 10.3. The van der Waals surface area contributed by atoms with Crippen molar-refractivity contribution in [2.45, 2.75) is 25.7 Å². The summed E-state index contributed by atoms with van der Waals surface area (Å²) in [5, 5.41) is 0. The van der Waals surface area contributed by atoms with Crippen LogP contribution in [0.25, 0.3) is 0 Å². The van der Waals surface area contributed by atoms with Gasteiger partial charge in [0.15, 0.2) is 0 Å². The molecule has 0 fully saturated rings. The molecule has 3 rings (SSSR count). The number of fused-ring (bicyclic) bond motifs is 1. The number of nitrogens with zero attached hydrogens (tertiary/aromatic N) is 1. The molecule has 1 heterocycles. The lowest BCUT2D eigenvalue weighted by molar-refractivity contribution is 0.738. The van der Waals surface area contributed by atoms with Gasteiger partial charge in [-0.05, 0) is 36.5 Å². The standard InChI is InChI=1S/C13H14N2/c1-9-3-2-4-10-5-6-11(12(9)10)13-14-7-8-15-13/h2-4,7-8,11H,5-6H2,1H3,(H,14,15). The summed E-state index contributed by atoms with van der Waals surface area (Å²) in [5.41, 5.74) is 4.38. The summed E-state index contributed by atoms with van der Waals surface area (Å²) in [4.78, 5) is 7.62. The molecule has 1 atom stereocenters. The Balaban J connectivity index is 2.12. The molecule has 0 aliphatic heterocycles. The average Bonchev–Trinajstić information content (AvgIpc) is 2.85. The summed E-state index contributed by atoms with van der Waals surface area (Å²) in [7, 11) is 0. The van der Waals surface area contributed by atoms with E-state index >= 15 is 0 Å². The van der Waals surface area contributed by atoms with Crippen molar-refractivity contribution in [2.75, 3.05) is 0 Å². The van der Waals surface area contributed by atoms with Crippen LogP contribution in [0.15, 0.2) is 30.6 Å². The second-order valence-corrected chi connectivity index (χ2v) is 4.21. The molecule has 0 spiro atoms. The van der Waals surface area contributed by atoms with Crippen molar-refractivity contribution in [1.29, 1.82) is 0 Å². The minimum atomic E-state index is 0.483. The van der Waals surface area contributed by atoms with Crippen LogP contribution in [-0.2, 0) is 6.42 Å². The number of benzene rings is 1. The van der Waals surface area contributed by atoms with Crippen LogP contribution < -0.4 is 0 Å². The van der Waals surface area contributed by atoms with Crippen molar-refractivity contribution < 1.29 is 0 Å². The SMILES string of the molecule is Cc1cccc2c1C(c1ncc[nH]1)CC2. The van der Waals surface area contributed by atoms with Gasteiger partial charge in [0.05, 0.1) is 0 Å². The number of imidazole rings is 1. The van der Waals surface area contributed by atoms with E-state index in [1.165, 1.54) is 29.5 Å². The number of aromatic nitrogens is 2. The molecule has 1 aromatic heterocycles. The first kappa shape index (κ1) is 8.72. The minimum absolute atomic E-state index is 0.483. The van der Waals surface area contributed by atoms with Gasteiger partial charge in [-0.3, -0.25) is 0 Å². The number of rotatable bonds is 1. The molecule has 1 aromatic carbocycles. The summed E-state index contributed by atoms with van der Waals surface area (Å²) in [6.45, 7) is 2.19. The number of nitrogens with one attached hydrogen (secondary N) is 1. The van der Waals surface area contributed by atoms with E-state index in [-0.39, 0.29) is 0 Å². The molecule has 1 N–H and O–H groups in total. The van der Waals surface area contributed by atoms with Crippen LogP contribution in [-0.4, -0.2) is 9.97 Å². The van der Waals surface area contributed by atoms with E-state index in [1.54, 1.807) is 0 Å². The topological polar surface area (TPSA) is 28.7 Å². The van der Waals surface area contributed by atoms with Crippen LogP contribution in [0.2, 0.25) is 0 Å². The van der Waals surface area contributed by atoms with Crippen molar-refractivity contribution in [2.24, 2.45) is 0 Å². The largest absolute Gasteiger partial charge is 0.348 e. The van der Waals surface area contributed by atoms with E-state index in [0.29, 0.717) is 5.92 Å². The van der Waals surface area contributed by atoms with Crippen molar-refractivity contribution in [3.8, 4) is 0 Å². The number of aromatic amines is 1. The second kappa shape index (κ2) is 3.23. The lowest BCUT2D eigenvalue weighted by atomic mass is 9.96. The number of hydrogen-bond acceptors (Lipinski definition) is 1. The van der Waals surface area contributed by atoms with Gasteiger partial charge in [0.25, 0.3) is 0 Å². The monoisotopic (exact) mass is 198 g/mol. The summed E-state index contributed by atoms with van der Waals surface area (Å²) in [5.74, 6) is 1.60. The Bertz CT molecular complexity index is 471. The molecular weight excluding hydrogens is 184 g/mol. The maximum absolute atomic E-state index is 4.38. The first-order valence-corrected chi connectivity index (χ1v) is 5.44. The van der Waals surface area contributed by atoms with E-state index in [1.807, 2.05) is 12.4 Å². The van der Waals surface area contributed by atoms with Crippen molar-refractivity contribution in [3.63, 3.8) is 0 Å². The van der Waals surface area contributed by atoms with Gasteiger partial charge in [0.1, 0.15) is 5.82 Å². The maximum Gasteiger partial charge on any atom is 0.113 e. The molecule has 1 aliphatic rings. The molecule has 0 saturated carbocycles. The molecule has 15 heavy (non-hydrogen) atoms. The molecule has 2 nitrogen and oxygen atoms in total. The number of aryl methyl sites for hydroxylation is 2. The number of H-pyrrole nitrogens is 1. The molecule has 0 bridgehead atoms. The normalized spacial score (nSPS) is 19.1. The van der Waals surface area contributed by atoms with Crippen LogP contribution in [0.5, 0.6) is 0 Å². The predicted molar refractivity (Wildman–Crippen MR) is 59.9 cm³/mol. The Kier molecular flexibility index (Phi) is 1.88. The summed E-state index contributed by atoms with van der Waals surface area (Å²) < 4.78 is 0. The van der Waals surface area contributed by atoms with Gasteiger partial charge in [-0.25, -0.2) is 4.98 Å². The summed E-state index contributed by atoms with van der Waals surface area (Å²) >= 11 is 0. The zero-order valence-electron chi connectivity index (χ0n) is 8.83. The first-order valence-electron chi connectivity index (χ1n) is 5.44. The third-order valence-electron chi connectivity index (χ3n) is 3.31. The lowest BCUT2D eigenvalue weighted by Crippen LogP contribution is -2.00. The Morgan fingerprint density at radius 2 is 2.33 bits per heavy atom. The highest BCUT2D eigenvalue weighted by Gasteiger charge is 2.26. The van der Waals surface area contributed by atoms with E-state index in [4.69, 9.17) is 0 Å². The quantitative estimate of drug-likeness (QED) is 0.750. The first-order chi connectivity index (χ1) is 7.36. The van der Waals surface area contributed by atoms with Crippen molar-refractivity contribution in [1.82, 2.24) is 9.97 Å². The van der Waals surface area contributed by atoms with Crippen molar-refractivity contribution >= 4 is 0 Å². The Morgan fingerprint density at radius 1 is 1.40 bits per heavy atom. The van der Waals surface area contributed by atoms with Gasteiger partial charge in [-0.1, -0.05) is 18.2 Å². The molecule has 2 aromatic rings. The summed E-state index contributed by atoms with van der Waals surface area (Å²) in [6, 6.07) is 6.59. The van der Waals surface area contributed by atoms with Gasteiger partial charge in [0, 0.05) is 18.3 Å². The predicted octanol–water partition coefficient (Wildman–Crippen LogP) is 2.80. The molecule has 0 radical (unpaired) electrons. The van der Waals surface area contributed by atoms with Gasteiger partial charge in [-0.2, -0.15) is 0 Å². The number of hydrogen-bond donors (Lipinski definition) is 1. The van der Waals surface area contributed by atoms with Gasteiger partial charge < -0.3 is 4.98 Å². The molecular formula is C13H14N2. The van der Waals surface area contributed by atoms with Gasteiger partial charge in [0.2, 0.25) is 0 Å². The van der Waals surface area contributed by atoms with Gasteiger partial charge >= 0.3 is 0 Å². The molecule has 0 saturated heterocycles. The minimum Gasteiger partial charge on any atom is -0.348 e. The average molecular weight is 198 g/mol. The smallest absolute Gasteiger partial charge is 0.113 e. The zero-order valence-corrected chi connectivity index (χ0v) is 8.83. The molecule has 2 heteroatoms. The highest BCUT2D eigenvalue weighted by atomic mass is 14.9. The highest BCUT2D eigenvalue weighted by Crippen LogP contribution is 2.38. The Morgan fingerprint density at radius 3 is 3.13 bits per heavy atom. The highest BCUT2D eigenvalue weighted by molar-refractivity contribution is 5.43. The van der Waals surface area contributed by atoms with Crippen LogP contribution in [0, 0.1) is 6.92 Å². The van der Waals surface area contributed by atoms with E-state index in [0.717, 1.165) is 5.82 Å². The third kappa shape index (κ3) is 1.29. The van der Waals surface area contributed by atoms with Crippen LogP contribution in [0.4, 0.5) is 0 Å². The molecule has 0 amide bonds. The van der Waals surface area contributed by atoms with E-state index < -0.39 is 0 Å². The Labute approximate surface area is 89.4 Å². The van der Waals surface area contributed by atoms with E-state index in [2.05, 4.69) is 35.1 Å². The summed E-state index contributed by atoms with van der Waals surface area (Å²) in [6.07, 6.45) is 6.12. The fraction of sp³-hybridized carbons (Fsp3) is 0.308. The lowest BCUT2D eigenvalue weighted by Gasteiger charge is -2.11. The molecule has 1 aliphatic carbocycles. The van der Waals surface area contributed by atoms with Crippen LogP contribution in [0.3, 0.4) is 0 Å². The van der Waals surface area contributed by atoms with Crippen LogP contribution in [0.1, 0.15) is 34.9 Å².